The van der Waals surface area contributed by atoms with Gasteiger partial charge in [-0.25, -0.2) is 13.6 Å². The molecule has 3 N–H and O–H groups in total. The second-order valence-electron chi connectivity index (χ2n) is 3.77. The lowest BCUT2D eigenvalue weighted by atomic mass is 10.3. The molecule has 0 aliphatic heterocycles. The normalized spacial score (nSPS) is 12.4. The number of rotatable bonds is 5. The van der Waals surface area contributed by atoms with Gasteiger partial charge in [-0.2, -0.15) is 13.2 Å². The number of carbonyl (C=O) groups excluding carboxylic acids is 1. The molecule has 0 aliphatic carbocycles. The molecule has 0 aromatic carbocycles. The Hall–Kier alpha value is -1.07. The van der Waals surface area contributed by atoms with E-state index in [4.69, 9.17) is 9.56 Å². The number of nitrogens with two attached hydrogens (primary N) is 1. The number of halogens is 4. The van der Waals surface area contributed by atoms with Gasteiger partial charge in [0.1, 0.15) is 4.90 Å². The van der Waals surface area contributed by atoms with E-state index < -0.39 is 33.4 Å². The minimum absolute atomic E-state index is 0.221. The SMILES string of the molecule is NS(=O)(=O)c1cc(C(=O)NCCCC(F)(F)F)oc1Br. The average molecular weight is 379 g/mol. The molecule has 6 nitrogen and oxygen atoms in total. The molecule has 20 heavy (non-hydrogen) atoms. The summed E-state index contributed by atoms with van der Waals surface area (Å²) in [5.41, 5.74) is 0. The second kappa shape index (κ2) is 6.14. The Morgan fingerprint density at radius 3 is 2.50 bits per heavy atom. The molecule has 0 aliphatic rings. The Kier molecular flexibility index (Phi) is 5.21. The molecule has 0 unspecified atom stereocenters. The van der Waals surface area contributed by atoms with Crippen molar-refractivity contribution in [3.8, 4) is 0 Å². The maximum absolute atomic E-state index is 11.9. The van der Waals surface area contributed by atoms with Gasteiger partial charge in [0.25, 0.3) is 5.91 Å². The highest BCUT2D eigenvalue weighted by atomic mass is 79.9. The van der Waals surface area contributed by atoms with Gasteiger partial charge in [-0.1, -0.05) is 0 Å². The zero-order valence-corrected chi connectivity index (χ0v) is 12.2. The highest BCUT2D eigenvalue weighted by molar-refractivity contribution is 9.10. The smallest absolute Gasteiger partial charge is 0.389 e. The number of hydrogen-bond donors (Lipinski definition) is 2. The molecule has 0 saturated heterocycles. The first kappa shape index (κ1) is 17.0. The Morgan fingerprint density at radius 1 is 1.45 bits per heavy atom. The van der Waals surface area contributed by atoms with Crippen molar-refractivity contribution in [2.75, 3.05) is 6.54 Å². The summed E-state index contributed by atoms with van der Waals surface area (Å²) in [7, 11) is -4.06. The van der Waals surface area contributed by atoms with Crippen molar-refractivity contribution in [3.63, 3.8) is 0 Å². The molecule has 0 radical (unpaired) electrons. The van der Waals surface area contributed by atoms with E-state index >= 15 is 0 Å². The molecule has 0 fully saturated rings. The third-order valence-electron chi connectivity index (χ3n) is 2.11. The number of furan rings is 1. The summed E-state index contributed by atoms with van der Waals surface area (Å²) in [6.45, 7) is -0.221. The molecule has 11 heteroatoms. The van der Waals surface area contributed by atoms with E-state index in [0.29, 0.717) is 0 Å². The van der Waals surface area contributed by atoms with Crippen molar-refractivity contribution >= 4 is 31.9 Å². The number of primary sulfonamides is 1. The lowest BCUT2D eigenvalue weighted by Crippen LogP contribution is -2.25. The third-order valence-corrected chi connectivity index (χ3v) is 3.88. The predicted octanol–water partition coefficient (Wildman–Crippen LogP) is 1.76. The monoisotopic (exact) mass is 378 g/mol. The second-order valence-corrected chi connectivity index (χ2v) is 6.02. The Morgan fingerprint density at radius 2 is 2.05 bits per heavy atom. The molecule has 0 bridgehead atoms. The van der Waals surface area contributed by atoms with Crippen LogP contribution in [0.5, 0.6) is 0 Å². The van der Waals surface area contributed by atoms with Crippen molar-refractivity contribution in [1.82, 2.24) is 5.32 Å². The van der Waals surface area contributed by atoms with Crippen molar-refractivity contribution < 1.29 is 30.8 Å². The molecule has 1 amide bonds. The summed E-state index contributed by atoms with van der Waals surface area (Å²) >= 11 is 2.77. The average Bonchev–Trinajstić information content (AvgIpc) is 2.65. The van der Waals surface area contributed by atoms with Gasteiger partial charge >= 0.3 is 6.18 Å². The van der Waals surface area contributed by atoms with Crippen LogP contribution in [0, 0.1) is 0 Å². The predicted molar refractivity (Wildman–Crippen MR) is 65.4 cm³/mol. The molecule has 114 valence electrons. The van der Waals surface area contributed by atoms with Crippen LogP contribution in [0.2, 0.25) is 0 Å². The maximum atomic E-state index is 11.9. The van der Waals surface area contributed by atoms with E-state index in [0.717, 1.165) is 6.07 Å². The molecular weight excluding hydrogens is 369 g/mol. The topological polar surface area (TPSA) is 102 Å². The Labute approximate surface area is 120 Å². The number of nitrogens with one attached hydrogen (secondary N) is 1. The molecule has 0 atom stereocenters. The highest BCUT2D eigenvalue weighted by Crippen LogP contribution is 2.25. The van der Waals surface area contributed by atoms with Crippen LogP contribution in [-0.4, -0.2) is 27.0 Å². The number of carbonyl (C=O) groups is 1. The fourth-order valence-electron chi connectivity index (χ4n) is 1.24. The van der Waals surface area contributed by atoms with Crippen molar-refractivity contribution in [1.29, 1.82) is 0 Å². The summed E-state index contributed by atoms with van der Waals surface area (Å²) in [5, 5.41) is 7.04. The van der Waals surface area contributed by atoms with Crippen LogP contribution < -0.4 is 10.5 Å². The van der Waals surface area contributed by atoms with Gasteiger partial charge in [0.05, 0.1) is 0 Å². The lowest BCUT2D eigenvalue weighted by Gasteiger charge is -2.06. The van der Waals surface area contributed by atoms with Crippen LogP contribution in [-0.2, 0) is 10.0 Å². The van der Waals surface area contributed by atoms with E-state index in [2.05, 4.69) is 21.2 Å². The van der Waals surface area contributed by atoms with Crippen molar-refractivity contribution in [2.45, 2.75) is 23.9 Å². The zero-order valence-electron chi connectivity index (χ0n) is 9.83. The maximum Gasteiger partial charge on any atom is 0.389 e. The van der Waals surface area contributed by atoms with E-state index in [1.807, 2.05) is 0 Å². The fourth-order valence-corrected chi connectivity index (χ4v) is 2.74. The number of hydrogen-bond acceptors (Lipinski definition) is 4. The summed E-state index contributed by atoms with van der Waals surface area (Å²) in [6.07, 6.45) is -5.62. The van der Waals surface area contributed by atoms with Crippen LogP contribution in [0.15, 0.2) is 20.0 Å². The molecule has 0 spiro atoms. The fraction of sp³-hybridized carbons (Fsp3) is 0.444. The zero-order chi connectivity index (χ0) is 15.6. The first-order valence-electron chi connectivity index (χ1n) is 5.18. The molecule has 1 aromatic rings. The van der Waals surface area contributed by atoms with Crippen molar-refractivity contribution in [2.24, 2.45) is 5.14 Å². The minimum Gasteiger partial charge on any atom is -0.443 e. The van der Waals surface area contributed by atoms with Crippen LogP contribution in [0.25, 0.3) is 0 Å². The number of amides is 1. The van der Waals surface area contributed by atoms with E-state index in [9.17, 15) is 26.4 Å². The summed E-state index contributed by atoms with van der Waals surface area (Å²) in [4.78, 5) is 11.1. The molecule has 1 aromatic heterocycles. The van der Waals surface area contributed by atoms with Crippen LogP contribution in [0.1, 0.15) is 23.4 Å². The molecular formula is C9H10BrF3N2O4S. The van der Waals surface area contributed by atoms with Gasteiger partial charge in [0, 0.05) is 19.0 Å². The van der Waals surface area contributed by atoms with Gasteiger partial charge in [-0.05, 0) is 22.4 Å². The summed E-state index contributed by atoms with van der Waals surface area (Å²) in [5.74, 6) is -1.20. The number of sulfonamides is 1. The lowest BCUT2D eigenvalue weighted by molar-refractivity contribution is -0.135. The summed E-state index contributed by atoms with van der Waals surface area (Å²) < 4.78 is 62.4. The standard InChI is InChI=1S/C9H10BrF3N2O4S/c10-7-6(20(14,17)18)4-5(19-7)8(16)15-3-1-2-9(11,12)13/h4H,1-3H2,(H,15,16)(H2,14,17,18). The quantitative estimate of drug-likeness (QED) is 0.761. The molecule has 1 heterocycles. The highest BCUT2D eigenvalue weighted by Gasteiger charge is 2.26. The first-order chi connectivity index (χ1) is 9.00. The van der Waals surface area contributed by atoms with Crippen LogP contribution in [0.4, 0.5) is 13.2 Å². The van der Waals surface area contributed by atoms with Gasteiger partial charge in [0.2, 0.25) is 10.0 Å². The molecule has 0 saturated carbocycles. The molecule has 1 rings (SSSR count). The third kappa shape index (κ3) is 5.13. The van der Waals surface area contributed by atoms with E-state index in [-0.39, 0.29) is 23.4 Å². The van der Waals surface area contributed by atoms with Gasteiger partial charge in [-0.3, -0.25) is 4.79 Å². The largest absolute Gasteiger partial charge is 0.443 e. The Bertz CT molecular complexity index is 597. The van der Waals surface area contributed by atoms with Crippen LogP contribution in [0.3, 0.4) is 0 Å². The Balaban J connectivity index is 2.61. The van der Waals surface area contributed by atoms with Gasteiger partial charge in [0.15, 0.2) is 10.4 Å². The van der Waals surface area contributed by atoms with Crippen molar-refractivity contribution in [3.05, 3.63) is 16.5 Å². The van der Waals surface area contributed by atoms with Gasteiger partial charge < -0.3 is 9.73 Å². The number of alkyl halides is 3. The van der Waals surface area contributed by atoms with Gasteiger partial charge in [-0.15, -0.1) is 0 Å². The van der Waals surface area contributed by atoms with E-state index in [1.165, 1.54) is 0 Å². The first-order valence-corrected chi connectivity index (χ1v) is 7.52. The summed E-state index contributed by atoms with van der Waals surface area (Å²) in [6, 6.07) is 0.887. The van der Waals surface area contributed by atoms with Crippen LogP contribution >= 0.6 is 15.9 Å². The van der Waals surface area contributed by atoms with E-state index in [1.54, 1.807) is 0 Å². The minimum atomic E-state index is -4.29.